The highest BCUT2D eigenvalue weighted by molar-refractivity contribution is 4.87. The maximum Gasteiger partial charge on any atom is 0.253 e. The molecule has 1 N–H and O–H groups in total. The van der Waals surface area contributed by atoms with Crippen LogP contribution in [0.15, 0.2) is 0 Å². The van der Waals surface area contributed by atoms with Gasteiger partial charge in [-0.05, 0) is 12.3 Å². The lowest BCUT2D eigenvalue weighted by Gasteiger charge is -2.36. The molecule has 0 amide bonds. The smallest absolute Gasteiger partial charge is 0.253 e. The van der Waals surface area contributed by atoms with Crippen molar-refractivity contribution in [1.82, 2.24) is 5.32 Å². The predicted octanol–water partition coefficient (Wildman–Crippen LogP) is 2.42. The zero-order valence-electron chi connectivity index (χ0n) is 7.86. The molecular weight excluding hydrogens is 172 g/mol. The number of rotatable bonds is 2. The molecule has 2 rings (SSSR count). The lowest BCUT2D eigenvalue weighted by Crippen LogP contribution is -2.45. The van der Waals surface area contributed by atoms with Gasteiger partial charge >= 0.3 is 0 Å². The fraction of sp³-hybridized carbons (Fsp3) is 1.00. The quantitative estimate of drug-likeness (QED) is 0.703. The molecular formula is C10H17F2N. The topological polar surface area (TPSA) is 12.0 Å². The molecule has 2 aliphatic rings. The molecule has 0 aromatic carbocycles. The van der Waals surface area contributed by atoms with E-state index >= 15 is 0 Å². The van der Waals surface area contributed by atoms with Crippen molar-refractivity contribution in [2.24, 2.45) is 11.8 Å². The van der Waals surface area contributed by atoms with E-state index in [4.69, 9.17) is 0 Å². The second-order valence-electron chi connectivity index (χ2n) is 4.44. The first-order valence-electron chi connectivity index (χ1n) is 5.27. The van der Waals surface area contributed by atoms with Crippen molar-refractivity contribution in [2.45, 2.75) is 38.0 Å². The molecule has 0 spiro atoms. The Hall–Kier alpha value is -0.180. The second kappa shape index (κ2) is 3.52. The maximum atomic E-state index is 13.3. The van der Waals surface area contributed by atoms with E-state index in [9.17, 15) is 8.78 Å². The minimum absolute atomic E-state index is 0.0321. The van der Waals surface area contributed by atoms with Gasteiger partial charge in [0.25, 0.3) is 5.92 Å². The molecule has 1 nitrogen and oxygen atoms in total. The van der Waals surface area contributed by atoms with Crippen molar-refractivity contribution in [3.8, 4) is 0 Å². The minimum Gasteiger partial charge on any atom is -0.316 e. The van der Waals surface area contributed by atoms with E-state index in [0.29, 0.717) is 19.0 Å². The van der Waals surface area contributed by atoms with E-state index in [1.807, 2.05) is 0 Å². The van der Waals surface area contributed by atoms with Crippen molar-refractivity contribution in [1.29, 1.82) is 0 Å². The molecule has 1 aliphatic carbocycles. The third-order valence-corrected chi connectivity index (χ3v) is 3.47. The fourth-order valence-electron chi connectivity index (χ4n) is 2.27. The first-order valence-corrected chi connectivity index (χ1v) is 5.27. The lowest BCUT2D eigenvalue weighted by atomic mass is 9.76. The molecule has 1 aliphatic heterocycles. The van der Waals surface area contributed by atoms with Crippen molar-refractivity contribution in [2.75, 3.05) is 13.1 Å². The zero-order chi connectivity index (χ0) is 9.31. The maximum absolute atomic E-state index is 13.3. The summed E-state index contributed by atoms with van der Waals surface area (Å²) in [5.74, 6) is -2.21. The Morgan fingerprint density at radius 1 is 1.31 bits per heavy atom. The fourth-order valence-corrected chi connectivity index (χ4v) is 2.27. The summed E-state index contributed by atoms with van der Waals surface area (Å²) in [6.07, 6.45) is 4.36. The Bertz CT molecular complexity index is 178. The Labute approximate surface area is 77.9 Å². The standard InChI is InChI=1S/C10H17F2N/c11-10(12)4-5-13-7-9(10)6-8-2-1-3-8/h8-9,13H,1-7H2. The summed E-state index contributed by atoms with van der Waals surface area (Å²) in [6, 6.07) is 0. The number of alkyl halides is 2. The van der Waals surface area contributed by atoms with Gasteiger partial charge in [-0.1, -0.05) is 19.3 Å². The minimum atomic E-state index is -2.40. The second-order valence-corrected chi connectivity index (χ2v) is 4.44. The largest absolute Gasteiger partial charge is 0.316 e. The third-order valence-electron chi connectivity index (χ3n) is 3.47. The molecule has 0 aromatic heterocycles. The zero-order valence-corrected chi connectivity index (χ0v) is 7.86. The monoisotopic (exact) mass is 189 g/mol. The van der Waals surface area contributed by atoms with Gasteiger partial charge in [-0.15, -0.1) is 0 Å². The van der Waals surface area contributed by atoms with E-state index in [1.165, 1.54) is 19.3 Å². The molecule has 0 aromatic rings. The molecule has 1 saturated heterocycles. The molecule has 0 bridgehead atoms. The number of halogens is 2. The molecule has 3 heteroatoms. The first-order chi connectivity index (χ1) is 6.18. The summed E-state index contributed by atoms with van der Waals surface area (Å²) < 4.78 is 26.7. The highest BCUT2D eigenvalue weighted by atomic mass is 19.3. The van der Waals surface area contributed by atoms with Gasteiger partial charge in [0.2, 0.25) is 0 Å². The van der Waals surface area contributed by atoms with Crippen LogP contribution in [0.4, 0.5) is 8.78 Å². The Kier molecular flexibility index (Phi) is 2.54. The van der Waals surface area contributed by atoms with Gasteiger partial charge in [0.1, 0.15) is 0 Å². The summed E-state index contributed by atoms with van der Waals surface area (Å²) >= 11 is 0. The molecule has 1 unspecified atom stereocenters. The van der Waals surface area contributed by atoms with Crippen LogP contribution in [-0.4, -0.2) is 19.0 Å². The van der Waals surface area contributed by atoms with Gasteiger partial charge < -0.3 is 5.32 Å². The van der Waals surface area contributed by atoms with Crippen LogP contribution in [0.25, 0.3) is 0 Å². The van der Waals surface area contributed by atoms with Gasteiger partial charge in [0.15, 0.2) is 0 Å². The Morgan fingerprint density at radius 3 is 2.62 bits per heavy atom. The van der Waals surface area contributed by atoms with Gasteiger partial charge in [-0.3, -0.25) is 0 Å². The molecule has 2 fully saturated rings. The van der Waals surface area contributed by atoms with Gasteiger partial charge in [-0.25, -0.2) is 8.78 Å². The van der Waals surface area contributed by atoms with E-state index in [0.717, 1.165) is 6.42 Å². The van der Waals surface area contributed by atoms with Crippen LogP contribution in [0.2, 0.25) is 0 Å². The number of piperidine rings is 1. The van der Waals surface area contributed by atoms with Crippen molar-refractivity contribution in [3.63, 3.8) is 0 Å². The number of hydrogen-bond donors (Lipinski definition) is 1. The normalized spacial score (nSPS) is 34.2. The van der Waals surface area contributed by atoms with Crippen LogP contribution < -0.4 is 5.32 Å². The highest BCUT2D eigenvalue weighted by Gasteiger charge is 2.42. The van der Waals surface area contributed by atoms with E-state index in [-0.39, 0.29) is 6.42 Å². The summed E-state index contributed by atoms with van der Waals surface area (Å²) in [5, 5.41) is 3.06. The summed E-state index contributed by atoms with van der Waals surface area (Å²) in [4.78, 5) is 0. The predicted molar refractivity (Wildman–Crippen MR) is 47.9 cm³/mol. The first kappa shape index (κ1) is 9.38. The SMILES string of the molecule is FC1(F)CCNCC1CC1CCC1. The average molecular weight is 189 g/mol. The molecule has 13 heavy (non-hydrogen) atoms. The Morgan fingerprint density at radius 2 is 2.08 bits per heavy atom. The van der Waals surface area contributed by atoms with Crippen molar-refractivity contribution in [3.05, 3.63) is 0 Å². The Balaban J connectivity index is 1.87. The lowest BCUT2D eigenvalue weighted by molar-refractivity contribution is -0.0884. The molecule has 76 valence electrons. The van der Waals surface area contributed by atoms with E-state index in [2.05, 4.69) is 5.32 Å². The summed E-state index contributed by atoms with van der Waals surface area (Å²) in [7, 11) is 0. The van der Waals surface area contributed by atoms with Gasteiger partial charge in [0, 0.05) is 25.4 Å². The highest BCUT2D eigenvalue weighted by Crippen LogP contribution is 2.39. The van der Waals surface area contributed by atoms with E-state index in [1.54, 1.807) is 0 Å². The summed E-state index contributed by atoms with van der Waals surface area (Å²) in [6.45, 7) is 0.998. The van der Waals surface area contributed by atoms with Crippen LogP contribution in [0.1, 0.15) is 32.1 Å². The van der Waals surface area contributed by atoms with Crippen LogP contribution in [-0.2, 0) is 0 Å². The van der Waals surface area contributed by atoms with Crippen LogP contribution in [0, 0.1) is 11.8 Å². The van der Waals surface area contributed by atoms with Crippen LogP contribution in [0.5, 0.6) is 0 Å². The molecule has 0 radical (unpaired) electrons. The van der Waals surface area contributed by atoms with Crippen molar-refractivity contribution >= 4 is 0 Å². The van der Waals surface area contributed by atoms with E-state index < -0.39 is 11.8 Å². The third kappa shape index (κ3) is 2.01. The van der Waals surface area contributed by atoms with Gasteiger partial charge in [0.05, 0.1) is 0 Å². The summed E-state index contributed by atoms with van der Waals surface area (Å²) in [5.41, 5.74) is 0. The van der Waals surface area contributed by atoms with Crippen LogP contribution in [0.3, 0.4) is 0 Å². The molecule has 1 saturated carbocycles. The van der Waals surface area contributed by atoms with Crippen LogP contribution >= 0.6 is 0 Å². The van der Waals surface area contributed by atoms with Crippen molar-refractivity contribution < 1.29 is 8.78 Å². The molecule has 1 heterocycles. The van der Waals surface area contributed by atoms with Gasteiger partial charge in [-0.2, -0.15) is 0 Å². The number of hydrogen-bond acceptors (Lipinski definition) is 1. The molecule has 1 atom stereocenters. The average Bonchev–Trinajstić information content (AvgIpc) is 1.98. The number of nitrogens with one attached hydrogen (secondary N) is 1.